The van der Waals surface area contributed by atoms with Crippen molar-refractivity contribution in [3.05, 3.63) is 17.0 Å². The minimum absolute atomic E-state index is 0.0784. The van der Waals surface area contributed by atoms with Gasteiger partial charge in [-0.05, 0) is 24.2 Å². The highest BCUT2D eigenvalue weighted by Gasteiger charge is 2.64. The molecular weight excluding hydrogens is 231 g/mol. The van der Waals surface area contributed by atoms with Gasteiger partial charge in [-0.2, -0.15) is 13.2 Å². The van der Waals surface area contributed by atoms with Crippen LogP contribution in [-0.2, 0) is 11.6 Å². The predicted octanol–water partition coefficient (Wildman–Crippen LogP) is 3.87. The van der Waals surface area contributed by atoms with Crippen LogP contribution in [0.25, 0.3) is 0 Å². The molecule has 0 aliphatic heterocycles. The molecule has 1 aromatic heterocycles. The van der Waals surface area contributed by atoms with Crippen molar-refractivity contribution in [2.24, 2.45) is 5.41 Å². The van der Waals surface area contributed by atoms with Crippen LogP contribution in [0, 0.1) is 5.41 Å². The van der Waals surface area contributed by atoms with E-state index in [4.69, 9.17) is 0 Å². The quantitative estimate of drug-likeness (QED) is 0.693. The van der Waals surface area contributed by atoms with Crippen LogP contribution in [0.15, 0.2) is 4.52 Å². The SMILES string of the molecule is CC1(C)[C@@H]2CC[C@@]1(C)c1noc(C(F)(F)F)c12. The Morgan fingerprint density at radius 3 is 2.53 bits per heavy atom. The molecule has 17 heavy (non-hydrogen) atoms. The standard InChI is InChI=1S/C12H14F3NO/c1-10(2)6-4-5-11(10,3)8-7(6)9(17-16-8)12(13,14)15/h6H,4-5H2,1-3H3/t6-,11+/m1/s1. The Kier molecular flexibility index (Phi) is 1.76. The Hall–Kier alpha value is -1.00. The Morgan fingerprint density at radius 2 is 1.94 bits per heavy atom. The van der Waals surface area contributed by atoms with Gasteiger partial charge >= 0.3 is 6.18 Å². The average Bonchev–Trinajstić information content (AvgIpc) is 2.73. The zero-order valence-corrected chi connectivity index (χ0v) is 9.98. The molecule has 0 spiro atoms. The van der Waals surface area contributed by atoms with Crippen LogP contribution in [0.1, 0.15) is 56.5 Å². The normalized spacial score (nSPS) is 34.1. The fourth-order valence-electron chi connectivity index (χ4n) is 3.65. The van der Waals surface area contributed by atoms with E-state index in [1.54, 1.807) is 0 Å². The lowest BCUT2D eigenvalue weighted by molar-refractivity contribution is -0.156. The Balaban J connectivity index is 2.24. The molecule has 0 aromatic carbocycles. The van der Waals surface area contributed by atoms with Crippen LogP contribution >= 0.6 is 0 Å². The molecule has 0 unspecified atom stereocenters. The van der Waals surface area contributed by atoms with Crippen LogP contribution in [0.5, 0.6) is 0 Å². The van der Waals surface area contributed by atoms with Crippen molar-refractivity contribution in [3.63, 3.8) is 0 Å². The number of hydrogen-bond donors (Lipinski definition) is 0. The number of fused-ring (bicyclic) bond motifs is 5. The van der Waals surface area contributed by atoms with E-state index in [1.165, 1.54) is 0 Å². The van der Waals surface area contributed by atoms with Crippen LogP contribution in [0.3, 0.4) is 0 Å². The van der Waals surface area contributed by atoms with Gasteiger partial charge in [-0.1, -0.05) is 25.9 Å². The van der Waals surface area contributed by atoms with E-state index in [1.807, 2.05) is 20.8 Å². The molecule has 0 saturated heterocycles. The number of rotatable bonds is 0. The predicted molar refractivity (Wildman–Crippen MR) is 54.6 cm³/mol. The molecule has 94 valence electrons. The zero-order valence-electron chi connectivity index (χ0n) is 9.98. The number of halogens is 3. The number of nitrogens with zero attached hydrogens (tertiary/aromatic N) is 1. The van der Waals surface area contributed by atoms with E-state index in [-0.39, 0.29) is 16.7 Å². The fraction of sp³-hybridized carbons (Fsp3) is 0.750. The molecule has 0 radical (unpaired) electrons. The molecule has 2 aliphatic carbocycles. The van der Waals surface area contributed by atoms with Crippen molar-refractivity contribution < 1.29 is 17.7 Å². The van der Waals surface area contributed by atoms with Gasteiger partial charge in [0.2, 0.25) is 5.76 Å². The van der Waals surface area contributed by atoms with Gasteiger partial charge in [0.05, 0.1) is 5.69 Å². The highest BCUT2D eigenvalue weighted by atomic mass is 19.4. The monoisotopic (exact) mass is 245 g/mol. The summed E-state index contributed by atoms with van der Waals surface area (Å²) >= 11 is 0. The second-order valence-corrected chi connectivity index (χ2v) is 5.92. The summed E-state index contributed by atoms with van der Waals surface area (Å²) in [6, 6.07) is 0. The van der Waals surface area contributed by atoms with Crippen LogP contribution in [0.2, 0.25) is 0 Å². The minimum Gasteiger partial charge on any atom is -0.351 e. The van der Waals surface area contributed by atoms with Crippen molar-refractivity contribution >= 4 is 0 Å². The number of hydrogen-bond acceptors (Lipinski definition) is 2. The summed E-state index contributed by atoms with van der Waals surface area (Å²) < 4.78 is 43.1. The minimum atomic E-state index is -4.43. The topological polar surface area (TPSA) is 26.0 Å². The van der Waals surface area contributed by atoms with Gasteiger partial charge in [0, 0.05) is 11.0 Å². The molecule has 1 fully saturated rings. The van der Waals surface area contributed by atoms with Crippen LogP contribution in [-0.4, -0.2) is 5.16 Å². The smallest absolute Gasteiger partial charge is 0.351 e. The molecule has 1 heterocycles. The summed E-state index contributed by atoms with van der Waals surface area (Å²) in [5, 5.41) is 3.72. The Labute approximate surface area is 97.2 Å². The third kappa shape index (κ3) is 1.06. The summed E-state index contributed by atoms with van der Waals surface area (Å²) in [6.07, 6.45) is -2.75. The Bertz CT molecular complexity index is 488. The molecular formula is C12H14F3NO. The lowest BCUT2D eigenvalue weighted by atomic mass is 9.70. The van der Waals surface area contributed by atoms with E-state index in [0.717, 1.165) is 12.8 Å². The van der Waals surface area contributed by atoms with E-state index < -0.39 is 11.9 Å². The summed E-state index contributed by atoms with van der Waals surface area (Å²) in [5.41, 5.74) is 0.406. The Morgan fingerprint density at radius 1 is 1.29 bits per heavy atom. The molecule has 0 N–H and O–H groups in total. The van der Waals surface area contributed by atoms with E-state index >= 15 is 0 Å². The summed E-state index contributed by atoms with van der Waals surface area (Å²) in [5.74, 6) is -0.959. The van der Waals surface area contributed by atoms with Crippen molar-refractivity contribution in [1.29, 1.82) is 0 Å². The first-order chi connectivity index (χ1) is 7.69. The molecule has 5 heteroatoms. The van der Waals surface area contributed by atoms with E-state index in [2.05, 4.69) is 9.68 Å². The zero-order chi connectivity index (χ0) is 12.6. The second-order valence-electron chi connectivity index (χ2n) is 5.92. The molecule has 0 amide bonds. The van der Waals surface area contributed by atoms with E-state index in [9.17, 15) is 13.2 Å². The maximum absolute atomic E-state index is 12.8. The molecule has 2 bridgehead atoms. The van der Waals surface area contributed by atoms with Gasteiger partial charge < -0.3 is 4.52 Å². The molecule has 3 rings (SSSR count). The molecule has 1 saturated carbocycles. The number of aromatic nitrogens is 1. The lowest BCUT2D eigenvalue weighted by Crippen LogP contribution is -2.31. The maximum atomic E-state index is 12.8. The second kappa shape index (κ2) is 2.70. The first-order valence-electron chi connectivity index (χ1n) is 5.77. The van der Waals surface area contributed by atoms with Crippen molar-refractivity contribution in [2.75, 3.05) is 0 Å². The van der Waals surface area contributed by atoms with Gasteiger partial charge in [0.15, 0.2) is 0 Å². The summed E-state index contributed by atoms with van der Waals surface area (Å²) in [6.45, 7) is 6.07. The first-order valence-corrected chi connectivity index (χ1v) is 5.77. The average molecular weight is 245 g/mol. The van der Waals surface area contributed by atoms with Crippen molar-refractivity contribution in [2.45, 2.75) is 51.1 Å². The molecule has 2 nitrogen and oxygen atoms in total. The summed E-state index contributed by atoms with van der Waals surface area (Å²) in [7, 11) is 0. The fourth-order valence-corrected chi connectivity index (χ4v) is 3.65. The van der Waals surface area contributed by atoms with E-state index in [0.29, 0.717) is 11.3 Å². The summed E-state index contributed by atoms with van der Waals surface area (Å²) in [4.78, 5) is 0. The lowest BCUT2D eigenvalue weighted by Gasteiger charge is -2.33. The van der Waals surface area contributed by atoms with Gasteiger partial charge in [0.25, 0.3) is 0 Å². The van der Waals surface area contributed by atoms with Crippen LogP contribution in [0.4, 0.5) is 13.2 Å². The number of alkyl halides is 3. The first kappa shape index (κ1) is 11.1. The maximum Gasteiger partial charge on any atom is 0.452 e. The highest BCUT2D eigenvalue weighted by molar-refractivity contribution is 5.47. The van der Waals surface area contributed by atoms with Crippen molar-refractivity contribution in [1.82, 2.24) is 5.16 Å². The third-order valence-electron chi connectivity index (χ3n) is 5.08. The molecule has 2 aliphatic rings. The van der Waals surface area contributed by atoms with Gasteiger partial charge in [-0.25, -0.2) is 0 Å². The molecule has 2 atom stereocenters. The van der Waals surface area contributed by atoms with Gasteiger partial charge in [-0.3, -0.25) is 0 Å². The van der Waals surface area contributed by atoms with Gasteiger partial charge in [0.1, 0.15) is 0 Å². The third-order valence-corrected chi connectivity index (χ3v) is 5.08. The van der Waals surface area contributed by atoms with Crippen LogP contribution < -0.4 is 0 Å². The largest absolute Gasteiger partial charge is 0.452 e. The van der Waals surface area contributed by atoms with Crippen molar-refractivity contribution in [3.8, 4) is 0 Å². The highest BCUT2D eigenvalue weighted by Crippen LogP contribution is 2.68. The van der Waals surface area contributed by atoms with Gasteiger partial charge in [-0.15, -0.1) is 0 Å². The molecule has 1 aromatic rings.